The van der Waals surface area contributed by atoms with Crippen molar-refractivity contribution in [3.05, 3.63) is 0 Å². The van der Waals surface area contributed by atoms with Crippen molar-refractivity contribution in [2.24, 2.45) is 16.2 Å². The standard InChI is InChI=1S/C19H29F5O4/c1-7-15(3,4)8-17(9-16(17,5)6)12-14(28-12)27-11(2)13(25)26-10-18(20,21)19(22,23)24/h11-12,14H,7-10H2,1-6H3. The van der Waals surface area contributed by atoms with Gasteiger partial charge in [-0.1, -0.05) is 41.0 Å². The van der Waals surface area contributed by atoms with Crippen LogP contribution < -0.4 is 0 Å². The lowest BCUT2D eigenvalue weighted by Gasteiger charge is -2.30. The number of hydrogen-bond acceptors (Lipinski definition) is 4. The van der Waals surface area contributed by atoms with E-state index in [9.17, 15) is 26.7 Å². The van der Waals surface area contributed by atoms with Crippen molar-refractivity contribution in [1.29, 1.82) is 0 Å². The van der Waals surface area contributed by atoms with Gasteiger partial charge >= 0.3 is 18.1 Å². The van der Waals surface area contributed by atoms with Crippen LogP contribution in [0.15, 0.2) is 0 Å². The van der Waals surface area contributed by atoms with Gasteiger partial charge < -0.3 is 14.2 Å². The number of alkyl halides is 5. The average Bonchev–Trinajstić information content (AvgIpc) is 3.40. The summed E-state index contributed by atoms with van der Waals surface area (Å²) < 4.78 is 77.3. The number of rotatable bonds is 9. The van der Waals surface area contributed by atoms with Gasteiger partial charge in [0.05, 0.1) is 0 Å². The van der Waals surface area contributed by atoms with Gasteiger partial charge in [0.25, 0.3) is 0 Å². The lowest BCUT2D eigenvalue weighted by atomic mass is 9.74. The van der Waals surface area contributed by atoms with Crippen molar-refractivity contribution in [2.45, 2.75) is 91.4 Å². The van der Waals surface area contributed by atoms with Gasteiger partial charge in [0.15, 0.2) is 19.0 Å². The number of ether oxygens (including phenoxy) is 3. The van der Waals surface area contributed by atoms with Gasteiger partial charge in [0, 0.05) is 5.41 Å². The Morgan fingerprint density at radius 3 is 2.18 bits per heavy atom. The lowest BCUT2D eigenvalue weighted by molar-refractivity contribution is -0.294. The first-order valence-electron chi connectivity index (χ1n) is 9.40. The Bertz CT molecular complexity index is 602. The molecule has 164 valence electrons. The first-order chi connectivity index (χ1) is 12.5. The Labute approximate surface area is 162 Å². The Balaban J connectivity index is 1.89. The van der Waals surface area contributed by atoms with E-state index in [0.717, 1.165) is 19.3 Å². The topological polar surface area (TPSA) is 48.1 Å². The van der Waals surface area contributed by atoms with Gasteiger partial charge in [-0.2, -0.15) is 22.0 Å². The first-order valence-corrected chi connectivity index (χ1v) is 9.40. The summed E-state index contributed by atoms with van der Waals surface area (Å²) in [6.07, 6.45) is -5.19. The molecule has 0 spiro atoms. The molecule has 4 unspecified atom stereocenters. The smallest absolute Gasteiger partial charge is 0.456 e. The molecule has 2 aliphatic rings. The van der Waals surface area contributed by atoms with Crippen LogP contribution in [0.5, 0.6) is 0 Å². The number of epoxide rings is 1. The molecule has 1 saturated heterocycles. The van der Waals surface area contributed by atoms with Gasteiger partial charge in [-0.15, -0.1) is 0 Å². The second kappa shape index (κ2) is 7.07. The molecular formula is C19H29F5O4. The maximum atomic E-state index is 12.9. The third-order valence-corrected chi connectivity index (χ3v) is 6.21. The highest BCUT2D eigenvalue weighted by molar-refractivity contribution is 5.74. The highest BCUT2D eigenvalue weighted by Gasteiger charge is 2.73. The molecular weight excluding hydrogens is 387 g/mol. The summed E-state index contributed by atoms with van der Waals surface area (Å²) in [6, 6.07) is 0. The van der Waals surface area contributed by atoms with Crippen molar-refractivity contribution >= 4 is 5.97 Å². The zero-order valence-corrected chi connectivity index (χ0v) is 17.1. The van der Waals surface area contributed by atoms with E-state index in [1.54, 1.807) is 0 Å². The molecule has 0 aromatic rings. The van der Waals surface area contributed by atoms with Crippen LogP contribution in [0.3, 0.4) is 0 Å². The molecule has 2 rings (SSSR count). The number of hydrogen-bond donors (Lipinski definition) is 0. The SMILES string of the molecule is CCC(C)(C)CC1(C2OC2OC(C)C(=O)OCC(F)(F)C(F)(F)F)CC1(C)C. The molecule has 0 aromatic heterocycles. The molecule has 2 fully saturated rings. The Hall–Kier alpha value is -0.960. The minimum Gasteiger partial charge on any atom is -0.457 e. The molecule has 28 heavy (non-hydrogen) atoms. The molecule has 0 amide bonds. The summed E-state index contributed by atoms with van der Waals surface area (Å²) in [4.78, 5) is 11.8. The van der Waals surface area contributed by atoms with Crippen molar-refractivity contribution in [1.82, 2.24) is 0 Å². The fourth-order valence-corrected chi connectivity index (χ4v) is 3.82. The summed E-state index contributed by atoms with van der Waals surface area (Å²) in [7, 11) is 0. The van der Waals surface area contributed by atoms with Crippen LogP contribution in [0.2, 0.25) is 0 Å². The fraction of sp³-hybridized carbons (Fsp3) is 0.947. The Morgan fingerprint density at radius 1 is 1.21 bits per heavy atom. The second-order valence-electron chi connectivity index (χ2n) is 9.42. The number of halogens is 5. The summed E-state index contributed by atoms with van der Waals surface area (Å²) in [5.74, 6) is -6.38. The maximum absolute atomic E-state index is 12.9. The lowest BCUT2D eigenvalue weighted by Crippen LogP contribution is -2.42. The highest BCUT2D eigenvalue weighted by atomic mass is 19.4. The maximum Gasteiger partial charge on any atom is 0.456 e. The summed E-state index contributed by atoms with van der Waals surface area (Å²) in [5.41, 5.74) is 0.0306. The predicted octanol–water partition coefficient (Wildman–Crippen LogP) is 5.10. The fourth-order valence-electron chi connectivity index (χ4n) is 3.82. The quantitative estimate of drug-likeness (QED) is 0.298. The normalized spacial score (nSPS) is 30.7. The molecule has 1 aliphatic heterocycles. The van der Waals surface area contributed by atoms with E-state index in [1.807, 2.05) is 0 Å². The third kappa shape index (κ3) is 4.61. The molecule has 0 aromatic carbocycles. The highest BCUT2D eigenvalue weighted by Crippen LogP contribution is 2.73. The van der Waals surface area contributed by atoms with Crippen LogP contribution in [-0.4, -0.2) is 43.2 Å². The molecule has 0 N–H and O–H groups in total. The minimum absolute atomic E-state index is 0.0424. The van der Waals surface area contributed by atoms with Gasteiger partial charge in [-0.25, -0.2) is 4.79 Å². The largest absolute Gasteiger partial charge is 0.457 e. The van der Waals surface area contributed by atoms with E-state index < -0.39 is 37.1 Å². The van der Waals surface area contributed by atoms with Crippen LogP contribution in [0.1, 0.15) is 60.8 Å². The molecule has 1 heterocycles. The second-order valence-corrected chi connectivity index (χ2v) is 9.42. The average molecular weight is 416 g/mol. The van der Waals surface area contributed by atoms with Gasteiger partial charge in [0.2, 0.25) is 0 Å². The molecule has 4 atom stereocenters. The van der Waals surface area contributed by atoms with Gasteiger partial charge in [0.1, 0.15) is 6.10 Å². The van der Waals surface area contributed by atoms with Crippen molar-refractivity contribution < 1.29 is 41.0 Å². The Kier molecular flexibility index (Phi) is 5.89. The third-order valence-electron chi connectivity index (χ3n) is 6.21. The van der Waals surface area contributed by atoms with Crippen LogP contribution in [0.25, 0.3) is 0 Å². The summed E-state index contributed by atoms with van der Waals surface area (Å²) in [6.45, 7) is 9.89. The molecule has 0 radical (unpaired) electrons. The Morgan fingerprint density at radius 2 is 1.75 bits per heavy atom. The van der Waals surface area contributed by atoms with Crippen LogP contribution in [0, 0.1) is 16.2 Å². The first kappa shape index (κ1) is 23.3. The zero-order valence-electron chi connectivity index (χ0n) is 17.1. The van der Waals surface area contributed by atoms with Crippen molar-refractivity contribution in [3.8, 4) is 0 Å². The van der Waals surface area contributed by atoms with E-state index in [4.69, 9.17) is 9.47 Å². The zero-order chi connectivity index (χ0) is 21.8. The van der Waals surface area contributed by atoms with E-state index in [1.165, 1.54) is 6.92 Å². The van der Waals surface area contributed by atoms with Crippen molar-refractivity contribution in [2.75, 3.05) is 6.61 Å². The van der Waals surface area contributed by atoms with Gasteiger partial charge in [-0.3, -0.25) is 0 Å². The van der Waals surface area contributed by atoms with E-state index >= 15 is 0 Å². The molecule has 1 aliphatic carbocycles. The van der Waals surface area contributed by atoms with Crippen LogP contribution in [0.4, 0.5) is 22.0 Å². The monoisotopic (exact) mass is 416 g/mol. The summed E-state index contributed by atoms with van der Waals surface area (Å²) in [5, 5.41) is 0. The van der Waals surface area contributed by atoms with Crippen molar-refractivity contribution in [3.63, 3.8) is 0 Å². The number of carbonyl (C=O) groups is 1. The van der Waals surface area contributed by atoms with E-state index in [0.29, 0.717) is 0 Å². The molecule has 1 saturated carbocycles. The van der Waals surface area contributed by atoms with Gasteiger partial charge in [-0.05, 0) is 30.6 Å². The molecule has 9 heteroatoms. The van der Waals surface area contributed by atoms with E-state index in [-0.39, 0.29) is 22.3 Å². The van der Waals surface area contributed by atoms with Crippen LogP contribution in [-0.2, 0) is 19.0 Å². The molecule has 4 nitrogen and oxygen atoms in total. The minimum atomic E-state index is -5.78. The van der Waals surface area contributed by atoms with E-state index in [2.05, 4.69) is 39.4 Å². The number of carbonyl (C=O) groups excluding carboxylic acids is 1. The predicted molar refractivity (Wildman–Crippen MR) is 90.7 cm³/mol. The summed E-state index contributed by atoms with van der Waals surface area (Å²) >= 11 is 0. The number of esters is 1. The van der Waals surface area contributed by atoms with Crippen LogP contribution >= 0.6 is 0 Å². The molecule has 0 bridgehead atoms.